The molecule has 0 aliphatic carbocycles. The lowest BCUT2D eigenvalue weighted by atomic mass is 10.0. The van der Waals surface area contributed by atoms with Crippen molar-refractivity contribution in [3.8, 4) is 11.1 Å². The van der Waals surface area contributed by atoms with Gasteiger partial charge in [-0.2, -0.15) is 4.98 Å². The number of nitrogens with zero attached hydrogens (tertiary/aromatic N) is 2. The molecule has 0 atom stereocenters. The molecular weight excluding hydrogens is 266 g/mol. The molecule has 104 valence electrons. The molecule has 0 aliphatic heterocycles. The van der Waals surface area contributed by atoms with Crippen LogP contribution >= 0.6 is 0 Å². The van der Waals surface area contributed by atoms with Crippen molar-refractivity contribution in [1.29, 1.82) is 0 Å². The van der Waals surface area contributed by atoms with Gasteiger partial charge in [-0.25, -0.2) is 0 Å². The maximum Gasteiger partial charge on any atom is 0.293 e. The van der Waals surface area contributed by atoms with Crippen molar-refractivity contribution in [3.05, 3.63) is 60.4 Å². The first kappa shape index (κ1) is 12.9. The van der Waals surface area contributed by atoms with Gasteiger partial charge in [0.25, 0.3) is 5.91 Å². The minimum Gasteiger partial charge on any atom is -0.366 e. The SMILES string of the molecule is Nc1n[nH]c(C(=O)Nc2ccccc2-c2ccccc2)n1. The molecule has 0 bridgehead atoms. The lowest BCUT2D eigenvalue weighted by Gasteiger charge is -2.10. The zero-order valence-electron chi connectivity index (χ0n) is 11.1. The molecular formula is C15H13N5O. The number of amides is 1. The Hall–Kier alpha value is -3.15. The summed E-state index contributed by atoms with van der Waals surface area (Å²) < 4.78 is 0. The van der Waals surface area contributed by atoms with Crippen LogP contribution in [0.15, 0.2) is 54.6 Å². The molecule has 0 radical (unpaired) electrons. The van der Waals surface area contributed by atoms with Crippen molar-refractivity contribution >= 4 is 17.5 Å². The van der Waals surface area contributed by atoms with Gasteiger partial charge in [-0.05, 0) is 11.6 Å². The van der Waals surface area contributed by atoms with E-state index in [-0.39, 0.29) is 17.7 Å². The van der Waals surface area contributed by atoms with E-state index in [9.17, 15) is 4.79 Å². The zero-order valence-corrected chi connectivity index (χ0v) is 11.1. The summed E-state index contributed by atoms with van der Waals surface area (Å²) in [5.74, 6) is -0.269. The number of aromatic nitrogens is 3. The molecule has 0 saturated carbocycles. The van der Waals surface area contributed by atoms with Crippen molar-refractivity contribution in [3.63, 3.8) is 0 Å². The van der Waals surface area contributed by atoms with Gasteiger partial charge in [-0.1, -0.05) is 48.5 Å². The predicted molar refractivity (Wildman–Crippen MR) is 80.6 cm³/mol. The van der Waals surface area contributed by atoms with Crippen LogP contribution in [0.5, 0.6) is 0 Å². The fourth-order valence-corrected chi connectivity index (χ4v) is 2.02. The number of nitrogen functional groups attached to an aromatic ring is 1. The minimum absolute atomic E-state index is 0.0384. The van der Waals surface area contributed by atoms with Gasteiger partial charge in [-0.3, -0.25) is 9.89 Å². The number of carbonyl (C=O) groups excluding carboxylic acids is 1. The first-order chi connectivity index (χ1) is 10.2. The smallest absolute Gasteiger partial charge is 0.293 e. The van der Waals surface area contributed by atoms with Crippen LogP contribution in [0.4, 0.5) is 11.6 Å². The summed E-state index contributed by atoms with van der Waals surface area (Å²) in [6.07, 6.45) is 0. The third-order valence-corrected chi connectivity index (χ3v) is 2.98. The Labute approximate surface area is 121 Å². The second-order valence-electron chi connectivity index (χ2n) is 4.41. The van der Waals surface area contributed by atoms with E-state index in [0.717, 1.165) is 11.1 Å². The molecule has 0 unspecified atom stereocenters. The Morgan fingerprint density at radius 2 is 1.76 bits per heavy atom. The molecule has 6 heteroatoms. The first-order valence-electron chi connectivity index (χ1n) is 6.38. The van der Waals surface area contributed by atoms with E-state index >= 15 is 0 Å². The number of hydrogen-bond donors (Lipinski definition) is 3. The Morgan fingerprint density at radius 3 is 2.48 bits per heavy atom. The number of nitrogens with two attached hydrogens (primary N) is 1. The predicted octanol–water partition coefficient (Wildman–Crippen LogP) is 2.31. The van der Waals surface area contributed by atoms with Crippen LogP contribution in [-0.2, 0) is 0 Å². The molecule has 6 nitrogen and oxygen atoms in total. The Bertz CT molecular complexity index is 766. The van der Waals surface area contributed by atoms with E-state index < -0.39 is 0 Å². The molecule has 3 aromatic rings. The Morgan fingerprint density at radius 1 is 1.05 bits per heavy atom. The summed E-state index contributed by atoms with van der Waals surface area (Å²) in [6, 6.07) is 17.4. The fourth-order valence-electron chi connectivity index (χ4n) is 2.02. The van der Waals surface area contributed by atoms with Gasteiger partial charge in [0.1, 0.15) is 0 Å². The Balaban J connectivity index is 1.91. The van der Waals surface area contributed by atoms with Crippen LogP contribution < -0.4 is 11.1 Å². The standard InChI is InChI=1S/C15H13N5O/c16-15-18-13(19-20-15)14(21)17-12-9-5-4-8-11(12)10-6-2-1-3-7-10/h1-9H,(H,17,21)(H3,16,18,19,20). The lowest BCUT2D eigenvalue weighted by Crippen LogP contribution is -2.14. The molecule has 0 fully saturated rings. The average molecular weight is 279 g/mol. The molecule has 4 N–H and O–H groups in total. The van der Waals surface area contributed by atoms with Crippen LogP contribution in [-0.4, -0.2) is 21.1 Å². The number of hydrogen-bond acceptors (Lipinski definition) is 4. The first-order valence-corrected chi connectivity index (χ1v) is 6.38. The summed E-state index contributed by atoms with van der Waals surface area (Å²) in [6.45, 7) is 0. The maximum atomic E-state index is 12.1. The van der Waals surface area contributed by atoms with E-state index in [2.05, 4.69) is 20.5 Å². The normalized spacial score (nSPS) is 10.3. The maximum absolute atomic E-state index is 12.1. The summed E-state index contributed by atoms with van der Waals surface area (Å²) in [4.78, 5) is 15.9. The third kappa shape index (κ3) is 2.74. The van der Waals surface area contributed by atoms with E-state index in [1.165, 1.54) is 0 Å². The number of nitrogens with one attached hydrogen (secondary N) is 2. The van der Waals surface area contributed by atoms with Gasteiger partial charge >= 0.3 is 0 Å². The van der Waals surface area contributed by atoms with Gasteiger partial charge in [0, 0.05) is 11.3 Å². The zero-order chi connectivity index (χ0) is 14.7. The van der Waals surface area contributed by atoms with Gasteiger partial charge in [0.05, 0.1) is 0 Å². The van der Waals surface area contributed by atoms with E-state index in [1.807, 2.05) is 54.6 Å². The summed E-state index contributed by atoms with van der Waals surface area (Å²) in [7, 11) is 0. The molecule has 0 spiro atoms. The van der Waals surface area contributed by atoms with Crippen molar-refractivity contribution in [2.45, 2.75) is 0 Å². The topological polar surface area (TPSA) is 96.7 Å². The highest BCUT2D eigenvalue weighted by molar-refractivity contribution is 6.04. The molecule has 21 heavy (non-hydrogen) atoms. The second-order valence-corrected chi connectivity index (χ2v) is 4.41. The third-order valence-electron chi connectivity index (χ3n) is 2.98. The number of para-hydroxylation sites is 1. The molecule has 1 amide bonds. The number of anilines is 2. The number of aromatic amines is 1. The monoisotopic (exact) mass is 279 g/mol. The summed E-state index contributed by atoms with van der Waals surface area (Å²) in [5.41, 5.74) is 8.04. The fraction of sp³-hybridized carbons (Fsp3) is 0. The van der Waals surface area contributed by atoms with E-state index in [4.69, 9.17) is 5.73 Å². The summed E-state index contributed by atoms with van der Waals surface area (Å²) >= 11 is 0. The Kier molecular flexibility index (Phi) is 3.34. The van der Waals surface area contributed by atoms with Crippen LogP contribution in [0.1, 0.15) is 10.6 Å². The number of carbonyl (C=O) groups is 1. The van der Waals surface area contributed by atoms with E-state index in [1.54, 1.807) is 0 Å². The van der Waals surface area contributed by atoms with Crippen molar-refractivity contribution in [1.82, 2.24) is 15.2 Å². The minimum atomic E-state index is -0.386. The second kappa shape index (κ2) is 5.46. The van der Waals surface area contributed by atoms with Crippen molar-refractivity contribution in [2.75, 3.05) is 11.1 Å². The molecule has 0 saturated heterocycles. The molecule has 1 heterocycles. The average Bonchev–Trinajstić information content (AvgIpc) is 2.95. The van der Waals surface area contributed by atoms with Crippen LogP contribution in [0, 0.1) is 0 Å². The van der Waals surface area contributed by atoms with Crippen molar-refractivity contribution in [2.24, 2.45) is 0 Å². The van der Waals surface area contributed by atoms with Gasteiger partial charge in [-0.15, -0.1) is 5.10 Å². The van der Waals surface area contributed by atoms with Crippen LogP contribution in [0.25, 0.3) is 11.1 Å². The van der Waals surface area contributed by atoms with Gasteiger partial charge < -0.3 is 11.1 Å². The quantitative estimate of drug-likeness (QED) is 0.685. The molecule has 1 aromatic heterocycles. The van der Waals surface area contributed by atoms with Gasteiger partial charge in [0.2, 0.25) is 11.8 Å². The highest BCUT2D eigenvalue weighted by atomic mass is 16.2. The van der Waals surface area contributed by atoms with Crippen molar-refractivity contribution < 1.29 is 4.79 Å². The highest BCUT2D eigenvalue weighted by Crippen LogP contribution is 2.27. The van der Waals surface area contributed by atoms with Crippen LogP contribution in [0.3, 0.4) is 0 Å². The molecule has 2 aromatic carbocycles. The molecule has 0 aliphatic rings. The lowest BCUT2D eigenvalue weighted by molar-refractivity contribution is 0.101. The largest absolute Gasteiger partial charge is 0.366 e. The highest BCUT2D eigenvalue weighted by Gasteiger charge is 2.13. The summed E-state index contributed by atoms with van der Waals surface area (Å²) in [5, 5.41) is 8.94. The number of H-pyrrole nitrogens is 1. The molecule has 3 rings (SSSR count). The van der Waals surface area contributed by atoms with E-state index in [0.29, 0.717) is 5.69 Å². The van der Waals surface area contributed by atoms with Gasteiger partial charge in [0.15, 0.2) is 0 Å². The van der Waals surface area contributed by atoms with Crippen LogP contribution in [0.2, 0.25) is 0 Å². The number of rotatable bonds is 3. The number of benzene rings is 2.